The smallest absolute Gasteiger partial charge is 0.264 e. The minimum Gasteiger partial charge on any atom is -0.479 e. The monoisotopic (exact) mass is 306 g/mol. The van der Waals surface area contributed by atoms with Gasteiger partial charge in [-0.3, -0.25) is 19.6 Å². The van der Waals surface area contributed by atoms with E-state index in [0.29, 0.717) is 22.0 Å². The van der Waals surface area contributed by atoms with E-state index < -0.39 is 0 Å². The lowest BCUT2D eigenvalue weighted by Crippen LogP contribution is -2.12. The molecule has 1 aliphatic carbocycles. The van der Waals surface area contributed by atoms with Crippen LogP contribution in [0.15, 0.2) is 6.20 Å². The number of aromatic nitrogens is 3. The van der Waals surface area contributed by atoms with Gasteiger partial charge in [-0.25, -0.2) is 4.98 Å². The molecule has 0 aromatic carbocycles. The average Bonchev–Trinajstić information content (AvgIpc) is 3.02. The maximum Gasteiger partial charge on any atom is 0.264 e. The molecule has 1 amide bonds. The van der Waals surface area contributed by atoms with Crippen molar-refractivity contribution in [3.63, 3.8) is 0 Å². The fraction of sp³-hybridized carbons (Fsp3) is 0.385. The van der Waals surface area contributed by atoms with Gasteiger partial charge >= 0.3 is 0 Å². The van der Waals surface area contributed by atoms with E-state index in [1.807, 2.05) is 0 Å². The van der Waals surface area contributed by atoms with Crippen molar-refractivity contribution in [1.29, 1.82) is 0 Å². The number of anilines is 1. The number of amides is 1. The first-order valence-corrected chi connectivity index (χ1v) is 7.32. The molecule has 2 aromatic heterocycles. The van der Waals surface area contributed by atoms with Crippen molar-refractivity contribution in [3.05, 3.63) is 22.3 Å². The second-order valence-corrected chi connectivity index (χ2v) is 5.75. The van der Waals surface area contributed by atoms with Gasteiger partial charge in [0.05, 0.1) is 17.7 Å². The second kappa shape index (κ2) is 5.28. The Hall–Kier alpha value is -2.22. The standard InChI is InChI=1S/C13H14N4O3S/c1-17-6-7(12(16-17)20-2)11(19)15-13-14-8-4-3-5-9(18)10(8)21-13/h6H,3-5H2,1-2H3,(H,14,15,19). The van der Waals surface area contributed by atoms with E-state index in [1.165, 1.54) is 23.1 Å². The molecule has 1 N–H and O–H groups in total. The molecule has 0 unspecified atom stereocenters. The average molecular weight is 306 g/mol. The Balaban J connectivity index is 1.83. The number of methoxy groups -OCH3 is 1. The topological polar surface area (TPSA) is 86.1 Å². The lowest BCUT2D eigenvalue weighted by molar-refractivity contribution is 0.0975. The maximum atomic E-state index is 12.2. The lowest BCUT2D eigenvalue weighted by Gasteiger charge is -2.05. The van der Waals surface area contributed by atoms with Crippen LogP contribution in [0.2, 0.25) is 0 Å². The Morgan fingerprint density at radius 1 is 1.48 bits per heavy atom. The molecule has 1 aliphatic rings. The minimum atomic E-state index is -0.349. The fourth-order valence-electron chi connectivity index (χ4n) is 2.26. The minimum absolute atomic E-state index is 0.105. The number of rotatable bonds is 3. The molecule has 21 heavy (non-hydrogen) atoms. The van der Waals surface area contributed by atoms with Crippen LogP contribution in [0.5, 0.6) is 5.88 Å². The predicted octanol–water partition coefficient (Wildman–Crippen LogP) is 1.66. The molecular formula is C13H14N4O3S. The van der Waals surface area contributed by atoms with Gasteiger partial charge in [-0.2, -0.15) is 0 Å². The summed E-state index contributed by atoms with van der Waals surface area (Å²) in [4.78, 5) is 29.0. The molecule has 8 heteroatoms. The van der Waals surface area contributed by atoms with Crippen LogP contribution < -0.4 is 10.1 Å². The molecule has 0 fully saturated rings. The number of hydrogen-bond donors (Lipinski definition) is 1. The molecule has 0 bridgehead atoms. The van der Waals surface area contributed by atoms with Gasteiger partial charge in [0.15, 0.2) is 10.9 Å². The van der Waals surface area contributed by atoms with Crippen molar-refractivity contribution >= 4 is 28.2 Å². The molecule has 0 atom stereocenters. The van der Waals surface area contributed by atoms with E-state index in [-0.39, 0.29) is 17.6 Å². The zero-order valence-corrected chi connectivity index (χ0v) is 12.5. The van der Waals surface area contributed by atoms with Gasteiger partial charge in [-0.05, 0) is 12.8 Å². The molecule has 0 saturated carbocycles. The summed E-state index contributed by atoms with van der Waals surface area (Å²) in [6.07, 6.45) is 3.73. The number of hydrogen-bond acceptors (Lipinski definition) is 6. The highest BCUT2D eigenvalue weighted by molar-refractivity contribution is 7.17. The van der Waals surface area contributed by atoms with Crippen LogP contribution >= 0.6 is 11.3 Å². The van der Waals surface area contributed by atoms with Crippen molar-refractivity contribution < 1.29 is 14.3 Å². The first kappa shape index (κ1) is 13.7. The molecule has 3 rings (SSSR count). The first-order valence-electron chi connectivity index (χ1n) is 6.50. The van der Waals surface area contributed by atoms with Crippen LogP contribution in [-0.4, -0.2) is 33.6 Å². The summed E-state index contributed by atoms with van der Waals surface area (Å²) in [6.45, 7) is 0. The number of nitrogens with zero attached hydrogens (tertiary/aromatic N) is 3. The van der Waals surface area contributed by atoms with Crippen molar-refractivity contribution in [2.24, 2.45) is 7.05 Å². The first-order chi connectivity index (χ1) is 10.1. The third kappa shape index (κ3) is 2.54. The number of nitrogens with one attached hydrogen (secondary N) is 1. The van der Waals surface area contributed by atoms with E-state index in [0.717, 1.165) is 18.5 Å². The van der Waals surface area contributed by atoms with E-state index in [2.05, 4.69) is 15.4 Å². The largest absolute Gasteiger partial charge is 0.479 e. The van der Waals surface area contributed by atoms with Gasteiger partial charge in [0.2, 0.25) is 5.88 Å². The molecular weight excluding hydrogens is 292 g/mol. The van der Waals surface area contributed by atoms with Gasteiger partial charge in [-0.15, -0.1) is 5.10 Å². The van der Waals surface area contributed by atoms with Crippen molar-refractivity contribution in [2.45, 2.75) is 19.3 Å². The Labute approximate surface area is 124 Å². The summed E-state index contributed by atoms with van der Waals surface area (Å²) in [5.74, 6) is 0.0131. The van der Waals surface area contributed by atoms with Crippen LogP contribution in [0.25, 0.3) is 0 Å². The van der Waals surface area contributed by atoms with E-state index >= 15 is 0 Å². The summed E-state index contributed by atoms with van der Waals surface area (Å²) in [6, 6.07) is 0. The molecule has 7 nitrogen and oxygen atoms in total. The quantitative estimate of drug-likeness (QED) is 0.932. The number of Topliss-reactive ketones (excluding diaryl/α,β-unsaturated/α-hetero) is 1. The van der Waals surface area contributed by atoms with Gasteiger partial charge in [-0.1, -0.05) is 11.3 Å². The second-order valence-electron chi connectivity index (χ2n) is 4.75. The normalized spacial score (nSPS) is 13.9. The summed E-state index contributed by atoms with van der Waals surface area (Å²) < 4.78 is 6.56. The molecule has 0 aliphatic heterocycles. The number of carbonyl (C=O) groups is 2. The number of ketones is 1. The predicted molar refractivity (Wildman–Crippen MR) is 77.1 cm³/mol. The van der Waals surface area contributed by atoms with Crippen molar-refractivity contribution in [2.75, 3.05) is 12.4 Å². The summed E-state index contributed by atoms with van der Waals surface area (Å²) in [5, 5.41) is 7.17. The molecule has 110 valence electrons. The van der Waals surface area contributed by atoms with Crippen molar-refractivity contribution in [1.82, 2.24) is 14.8 Å². The summed E-state index contributed by atoms with van der Waals surface area (Å²) >= 11 is 1.23. The summed E-state index contributed by atoms with van der Waals surface area (Å²) in [7, 11) is 3.17. The molecule has 2 heterocycles. The molecule has 2 aromatic rings. The van der Waals surface area contributed by atoms with Crippen LogP contribution in [0.1, 0.15) is 38.6 Å². The number of fused-ring (bicyclic) bond motifs is 1. The SMILES string of the molecule is COc1nn(C)cc1C(=O)Nc1nc2c(s1)C(=O)CCC2. The number of ether oxygens (including phenoxy) is 1. The van der Waals surface area contributed by atoms with Gasteiger partial charge in [0, 0.05) is 19.7 Å². The van der Waals surface area contributed by atoms with Crippen LogP contribution in [0.4, 0.5) is 5.13 Å². The van der Waals surface area contributed by atoms with Gasteiger partial charge < -0.3 is 4.74 Å². The lowest BCUT2D eigenvalue weighted by atomic mass is 10.0. The third-order valence-corrected chi connectivity index (χ3v) is 4.28. The zero-order valence-electron chi connectivity index (χ0n) is 11.7. The Morgan fingerprint density at radius 2 is 2.29 bits per heavy atom. The maximum absolute atomic E-state index is 12.2. The van der Waals surface area contributed by atoms with Crippen LogP contribution in [0.3, 0.4) is 0 Å². The van der Waals surface area contributed by atoms with Crippen LogP contribution in [-0.2, 0) is 13.5 Å². The highest BCUT2D eigenvalue weighted by Gasteiger charge is 2.24. The third-order valence-electron chi connectivity index (χ3n) is 3.22. The highest BCUT2D eigenvalue weighted by atomic mass is 32.1. The molecule has 0 saturated heterocycles. The number of aryl methyl sites for hydroxylation is 2. The highest BCUT2D eigenvalue weighted by Crippen LogP contribution is 2.30. The Morgan fingerprint density at radius 3 is 3.00 bits per heavy atom. The Kier molecular flexibility index (Phi) is 3.46. The van der Waals surface area contributed by atoms with Gasteiger partial charge in [0.1, 0.15) is 5.56 Å². The molecule has 0 spiro atoms. The number of thiazole rings is 1. The van der Waals surface area contributed by atoms with E-state index in [1.54, 1.807) is 13.2 Å². The van der Waals surface area contributed by atoms with Crippen LogP contribution in [0, 0.1) is 0 Å². The summed E-state index contributed by atoms with van der Waals surface area (Å²) in [5.41, 5.74) is 1.12. The fourth-order valence-corrected chi connectivity index (χ4v) is 3.24. The number of carbonyl (C=O) groups excluding carboxylic acids is 2. The van der Waals surface area contributed by atoms with Gasteiger partial charge in [0.25, 0.3) is 5.91 Å². The Bertz CT molecular complexity index is 719. The molecule has 0 radical (unpaired) electrons. The zero-order chi connectivity index (χ0) is 15.0. The van der Waals surface area contributed by atoms with E-state index in [9.17, 15) is 9.59 Å². The van der Waals surface area contributed by atoms with Crippen molar-refractivity contribution in [3.8, 4) is 5.88 Å². The van der Waals surface area contributed by atoms with E-state index in [4.69, 9.17) is 4.74 Å².